The number of hydrogen-bond donors (Lipinski definition) is 2. The maximum Gasteiger partial charge on any atom is 0.121 e. The van der Waals surface area contributed by atoms with Crippen LogP contribution in [0.5, 0.6) is 0 Å². The smallest absolute Gasteiger partial charge is 0.121 e. The van der Waals surface area contributed by atoms with Crippen molar-refractivity contribution in [1.29, 1.82) is 0 Å². The van der Waals surface area contributed by atoms with E-state index < -0.39 is 5.54 Å². The third kappa shape index (κ3) is 13.7. The number of alkyl halides is 1. The van der Waals surface area contributed by atoms with Crippen LogP contribution < -0.4 is 5.32 Å². The zero-order chi connectivity index (χ0) is 49.4. The Hall–Kier alpha value is -6.33. The van der Waals surface area contributed by atoms with Gasteiger partial charge in [-0.1, -0.05) is 214 Å². The normalized spacial score (nSPS) is 14.9. The van der Waals surface area contributed by atoms with E-state index in [-0.39, 0.29) is 20.9 Å². The van der Waals surface area contributed by atoms with Gasteiger partial charge < -0.3 is 14.9 Å². The van der Waals surface area contributed by atoms with Crippen LogP contribution in [0.2, 0.25) is 10.0 Å². The molecule has 2 atom stereocenters. The highest BCUT2D eigenvalue weighted by molar-refractivity contribution is 6.30. The molecule has 382 valence electrons. The lowest BCUT2D eigenvalue weighted by Crippen LogP contribution is -2.47. The van der Waals surface area contributed by atoms with Gasteiger partial charge in [-0.25, -0.2) is 9.97 Å². The Morgan fingerprint density at radius 1 is 0.500 bits per heavy atom. The summed E-state index contributed by atoms with van der Waals surface area (Å²) in [6.07, 6.45) is 7.58. The molecule has 2 aliphatic heterocycles. The van der Waals surface area contributed by atoms with Crippen molar-refractivity contribution in [2.45, 2.75) is 44.9 Å². The van der Waals surface area contributed by atoms with Crippen molar-refractivity contribution < 1.29 is 0 Å². The molecule has 0 saturated carbocycles. The molecule has 74 heavy (non-hydrogen) atoms. The van der Waals surface area contributed by atoms with Gasteiger partial charge >= 0.3 is 0 Å². The van der Waals surface area contributed by atoms with E-state index in [9.17, 15) is 0 Å². The highest BCUT2D eigenvalue weighted by Gasteiger charge is 2.38. The maximum atomic E-state index is 6.11. The molecule has 2 N–H and O–H groups in total. The molecule has 4 heterocycles. The Kier molecular flexibility index (Phi) is 20.8. The average Bonchev–Trinajstić information content (AvgIpc) is 4.16. The van der Waals surface area contributed by atoms with Crippen LogP contribution in [0.25, 0.3) is 0 Å². The molecule has 2 aliphatic rings. The summed E-state index contributed by atoms with van der Waals surface area (Å²) in [6, 6.07) is 70.2. The van der Waals surface area contributed by atoms with Crippen LogP contribution in [-0.4, -0.2) is 86.6 Å². The van der Waals surface area contributed by atoms with Gasteiger partial charge in [0.05, 0.1) is 36.3 Å². The topological polar surface area (TPSA) is 68.2 Å². The summed E-state index contributed by atoms with van der Waals surface area (Å²) in [4.78, 5) is 19.4. The first kappa shape index (κ1) is 55.4. The molecule has 2 aromatic heterocycles. The van der Waals surface area contributed by atoms with Crippen molar-refractivity contribution in [2.24, 2.45) is 0 Å². The summed E-state index contributed by atoms with van der Waals surface area (Å²) in [5, 5.41) is 4.99. The lowest BCUT2D eigenvalue weighted by Gasteiger charge is -2.39. The number of halogens is 3. The maximum absolute atomic E-state index is 6.11. The molecule has 0 bridgehead atoms. The molecule has 9 aromatic rings. The Morgan fingerprint density at radius 3 is 1.30 bits per heavy atom. The molecule has 0 amide bonds. The van der Waals surface area contributed by atoms with E-state index >= 15 is 0 Å². The van der Waals surface area contributed by atoms with Gasteiger partial charge in [-0.2, -0.15) is 0 Å². The van der Waals surface area contributed by atoms with Crippen molar-refractivity contribution in [2.75, 3.05) is 52.4 Å². The highest BCUT2D eigenvalue weighted by Crippen LogP contribution is 2.41. The number of nitrogens with one attached hydrogen (secondary N) is 2. The molecule has 8 nitrogen and oxygen atoms in total. The van der Waals surface area contributed by atoms with Crippen LogP contribution in [0.4, 0.5) is 0 Å². The van der Waals surface area contributed by atoms with Gasteiger partial charge in [-0.05, 0) is 63.2 Å². The summed E-state index contributed by atoms with van der Waals surface area (Å²) in [5.74, 6) is 0.390. The lowest BCUT2D eigenvalue weighted by atomic mass is 9.77. The summed E-state index contributed by atoms with van der Waals surface area (Å²) in [5.41, 5.74) is 10.3. The summed E-state index contributed by atoms with van der Waals surface area (Å²) in [7, 11) is 0. The molecule has 2 fully saturated rings. The summed E-state index contributed by atoms with van der Waals surface area (Å²) in [6.45, 7) is 9.36. The van der Waals surface area contributed by atoms with Gasteiger partial charge in [0.2, 0.25) is 0 Å². The second kappa shape index (κ2) is 27.8. The number of hydrogen-bond acceptors (Lipinski definition) is 6. The summed E-state index contributed by atoms with van der Waals surface area (Å²) >= 11 is 18.2. The van der Waals surface area contributed by atoms with Gasteiger partial charge in [0, 0.05) is 87.0 Å². The van der Waals surface area contributed by atoms with Crippen molar-refractivity contribution in [1.82, 2.24) is 39.5 Å². The summed E-state index contributed by atoms with van der Waals surface area (Å²) < 4.78 is 2.17. The predicted molar refractivity (Wildman–Crippen MR) is 309 cm³/mol. The van der Waals surface area contributed by atoms with Crippen LogP contribution in [0, 0.1) is 0 Å². The molecule has 0 radical (unpaired) electrons. The van der Waals surface area contributed by atoms with Crippen LogP contribution in [-0.2, 0) is 18.0 Å². The van der Waals surface area contributed by atoms with Gasteiger partial charge in [0.1, 0.15) is 5.54 Å². The number of aromatic amines is 1. The molecule has 0 aliphatic carbocycles. The molecule has 0 spiro atoms. The fourth-order valence-corrected chi connectivity index (χ4v) is 10.5. The minimum atomic E-state index is -0.513. The molecule has 11 rings (SSSR count). The second-order valence-electron chi connectivity index (χ2n) is 18.1. The molecule has 7 aromatic carbocycles. The zero-order valence-corrected chi connectivity index (χ0v) is 42.7. The van der Waals surface area contributed by atoms with E-state index in [1.165, 1.54) is 44.6 Å². The van der Waals surface area contributed by atoms with Gasteiger partial charge in [-0.15, -0.1) is 11.6 Å². The molecular formula is C63H69Cl3N8. The molecule has 2 unspecified atom stereocenters. The monoisotopic (exact) mass is 1040 g/mol. The van der Waals surface area contributed by atoms with Crippen molar-refractivity contribution >= 4 is 34.8 Å². The van der Waals surface area contributed by atoms with Gasteiger partial charge in [-0.3, -0.25) is 14.7 Å². The zero-order valence-electron chi connectivity index (χ0n) is 40.4. The Balaban J connectivity index is 0.000000162. The highest BCUT2D eigenvalue weighted by atomic mass is 35.5. The second-order valence-corrected chi connectivity index (χ2v) is 19.3. The average molecular weight is 1040 g/mol. The van der Waals surface area contributed by atoms with E-state index in [0.717, 1.165) is 74.6 Å². The van der Waals surface area contributed by atoms with Crippen molar-refractivity contribution in [3.63, 3.8) is 0 Å². The van der Waals surface area contributed by atoms with Crippen molar-refractivity contribution in [3.8, 4) is 0 Å². The predicted octanol–water partition coefficient (Wildman–Crippen LogP) is 14.0. The number of imidazole rings is 2. The first-order valence-corrected chi connectivity index (χ1v) is 26.0. The Bertz CT molecular complexity index is 2830. The number of nitrogens with zero attached hydrogens (tertiary/aromatic N) is 6. The van der Waals surface area contributed by atoms with Crippen LogP contribution in [0.3, 0.4) is 0 Å². The fraction of sp³-hybridized carbons (Fsp3) is 0.238. The van der Waals surface area contributed by atoms with E-state index in [0.29, 0.717) is 11.9 Å². The standard InChI is InChI=1S/C23H19ClN2.C21H23ClN4.C17H19ClN2.2CH4/c24-16-22-17-26(18-25-22)23(19-10-4-1-5-11-19,20-12-6-2-7-13-20)21-14-8-3-9-15-21;22-19-8-6-18(7-9-19)21(17-4-2-1-3-5-17)26-12-10-25(11-13-26)15-20-14-23-16-24-20;18-16-8-6-15(7-9-16)17(14-4-2-1-3-5-14)20-12-10-19-11-13-20;;/h1-15,17-18H,16H2;1-9,14,16,21H,10-13,15H2,(H,23,24);1-9,17,19H,10-13H2;2*1H4. The third-order valence-electron chi connectivity index (χ3n) is 13.6. The fourth-order valence-electron chi connectivity index (χ4n) is 10.1. The third-order valence-corrected chi connectivity index (χ3v) is 14.4. The van der Waals surface area contributed by atoms with E-state index in [1.807, 2.05) is 61.2 Å². The van der Waals surface area contributed by atoms with Gasteiger partial charge in [0.15, 0.2) is 0 Å². The first-order chi connectivity index (χ1) is 35.5. The molecular weight excluding hydrogens is 975 g/mol. The van der Waals surface area contributed by atoms with Crippen LogP contribution in [0.15, 0.2) is 225 Å². The van der Waals surface area contributed by atoms with Gasteiger partial charge in [0.25, 0.3) is 0 Å². The van der Waals surface area contributed by atoms with Crippen LogP contribution >= 0.6 is 34.8 Å². The minimum absolute atomic E-state index is 0. The number of rotatable bonds is 13. The molecule has 11 heteroatoms. The van der Waals surface area contributed by atoms with Crippen molar-refractivity contribution in [3.05, 3.63) is 286 Å². The van der Waals surface area contributed by atoms with E-state index in [4.69, 9.17) is 34.8 Å². The first-order valence-electron chi connectivity index (χ1n) is 24.7. The lowest BCUT2D eigenvalue weighted by molar-refractivity contribution is 0.104. The largest absolute Gasteiger partial charge is 0.347 e. The van der Waals surface area contributed by atoms with Crippen LogP contribution in [0.1, 0.15) is 77.3 Å². The van der Waals surface area contributed by atoms with E-state index in [1.54, 1.807) is 6.33 Å². The number of benzene rings is 7. The molecule has 2 saturated heterocycles. The Morgan fingerprint density at radius 2 is 0.905 bits per heavy atom. The minimum Gasteiger partial charge on any atom is -0.347 e. The number of aromatic nitrogens is 4. The number of H-pyrrole nitrogens is 1. The Labute approximate surface area is 454 Å². The SMILES string of the molecule is C.C.ClCc1cn(C(c2ccccc2)(c2ccccc2)c2ccccc2)cn1.Clc1ccc(C(c2ccccc2)N2CCN(Cc3cnc[nH]3)CC2)cc1.Clc1ccc(C(c2ccccc2)N2CCNCC2)cc1. The quantitative estimate of drug-likeness (QED) is 0.0886. The van der Waals surface area contributed by atoms with E-state index in [2.05, 4.69) is 197 Å². The number of piperazine rings is 2.